The summed E-state index contributed by atoms with van der Waals surface area (Å²) in [5, 5.41) is 5.86. The van der Waals surface area contributed by atoms with Crippen molar-refractivity contribution in [1.82, 2.24) is 15.5 Å². The molecule has 1 heterocycles. The number of hydrogen-bond donors (Lipinski definition) is 2. The van der Waals surface area contributed by atoms with E-state index < -0.39 is 11.6 Å². The van der Waals surface area contributed by atoms with Crippen LogP contribution in [0, 0.1) is 17.6 Å². The lowest BCUT2D eigenvalue weighted by atomic mass is 9.90. The molecule has 7 heteroatoms. The molecular weight excluding hydrogens is 386 g/mol. The molecule has 1 amide bonds. The molecule has 0 saturated carbocycles. The average molecular weight is 415 g/mol. The van der Waals surface area contributed by atoms with Crippen LogP contribution < -0.4 is 10.6 Å². The number of amides is 1. The van der Waals surface area contributed by atoms with Crippen molar-refractivity contribution in [3.05, 3.63) is 71.3 Å². The molecule has 0 unspecified atom stereocenters. The van der Waals surface area contributed by atoms with Crippen LogP contribution >= 0.6 is 0 Å². The fourth-order valence-electron chi connectivity index (χ4n) is 3.68. The number of guanidine groups is 1. The van der Waals surface area contributed by atoms with Crippen molar-refractivity contribution < 1.29 is 13.6 Å². The lowest BCUT2D eigenvalue weighted by Crippen LogP contribution is -2.46. The van der Waals surface area contributed by atoms with Gasteiger partial charge < -0.3 is 15.5 Å². The Labute approximate surface area is 176 Å². The number of rotatable bonds is 6. The fourth-order valence-corrected chi connectivity index (χ4v) is 3.68. The van der Waals surface area contributed by atoms with Crippen LogP contribution in [0.2, 0.25) is 0 Å². The van der Waals surface area contributed by atoms with E-state index in [1.165, 1.54) is 5.56 Å². The minimum absolute atomic E-state index is 0.00745. The highest BCUT2D eigenvalue weighted by molar-refractivity contribution is 5.86. The maximum absolute atomic E-state index is 13.7. The predicted molar refractivity (Wildman–Crippen MR) is 114 cm³/mol. The first-order valence-corrected chi connectivity index (χ1v) is 10.3. The summed E-state index contributed by atoms with van der Waals surface area (Å²) in [6.07, 6.45) is 3.03. The molecule has 30 heavy (non-hydrogen) atoms. The van der Waals surface area contributed by atoms with Crippen molar-refractivity contribution >= 4 is 11.9 Å². The molecule has 0 bridgehead atoms. The van der Waals surface area contributed by atoms with Gasteiger partial charge in [-0.15, -0.1) is 0 Å². The Morgan fingerprint density at radius 3 is 2.53 bits per heavy atom. The standard InChI is InChI=1S/C23H28F2N4O/c1-26-23(27-15-19-14-20(24)7-8-21(19)25)28-16-22(30)29-11-9-18(10-12-29)13-17-5-3-2-4-6-17/h2-8,14,18H,9-13,15-16H2,1H3,(H2,26,27,28). The number of nitrogens with zero attached hydrogens (tertiary/aromatic N) is 2. The number of piperidine rings is 1. The van der Waals surface area contributed by atoms with Crippen molar-refractivity contribution in [2.45, 2.75) is 25.8 Å². The molecule has 0 radical (unpaired) electrons. The minimum atomic E-state index is -0.498. The molecule has 1 saturated heterocycles. The molecule has 0 aliphatic carbocycles. The number of carbonyl (C=O) groups excluding carboxylic acids is 1. The zero-order valence-electron chi connectivity index (χ0n) is 17.2. The van der Waals surface area contributed by atoms with Crippen LogP contribution in [0.5, 0.6) is 0 Å². The molecule has 2 aromatic carbocycles. The highest BCUT2D eigenvalue weighted by Gasteiger charge is 2.23. The van der Waals surface area contributed by atoms with Gasteiger partial charge in [-0.25, -0.2) is 8.78 Å². The van der Waals surface area contributed by atoms with Gasteiger partial charge in [0.1, 0.15) is 11.6 Å². The number of aliphatic imine (C=N–C) groups is 1. The van der Waals surface area contributed by atoms with Crippen LogP contribution in [0.15, 0.2) is 53.5 Å². The monoisotopic (exact) mass is 414 g/mol. The molecule has 5 nitrogen and oxygen atoms in total. The van der Waals surface area contributed by atoms with Crippen LogP contribution in [-0.4, -0.2) is 43.4 Å². The second kappa shape index (κ2) is 10.7. The molecule has 1 fully saturated rings. The Balaban J connectivity index is 1.40. The number of likely N-dealkylation sites (tertiary alicyclic amines) is 1. The lowest BCUT2D eigenvalue weighted by Gasteiger charge is -2.32. The van der Waals surface area contributed by atoms with E-state index in [1.54, 1.807) is 7.05 Å². The number of benzene rings is 2. The summed E-state index contributed by atoms with van der Waals surface area (Å²) in [4.78, 5) is 18.4. The molecule has 2 N–H and O–H groups in total. The van der Waals surface area contributed by atoms with Gasteiger partial charge in [0.25, 0.3) is 0 Å². The maximum atomic E-state index is 13.7. The summed E-state index contributed by atoms with van der Waals surface area (Å²) >= 11 is 0. The van der Waals surface area contributed by atoms with Crippen LogP contribution in [0.3, 0.4) is 0 Å². The zero-order chi connectivity index (χ0) is 21.3. The molecular formula is C23H28F2N4O. The molecule has 2 aromatic rings. The normalized spacial score (nSPS) is 15.2. The summed E-state index contributed by atoms with van der Waals surface area (Å²) in [6.45, 7) is 1.67. The molecule has 0 atom stereocenters. The molecule has 1 aliphatic heterocycles. The summed E-state index contributed by atoms with van der Waals surface area (Å²) in [6, 6.07) is 13.7. The van der Waals surface area contributed by atoms with Gasteiger partial charge in [0.2, 0.25) is 5.91 Å². The van der Waals surface area contributed by atoms with Gasteiger partial charge in [-0.1, -0.05) is 30.3 Å². The van der Waals surface area contributed by atoms with Gasteiger partial charge in [-0.3, -0.25) is 9.79 Å². The van der Waals surface area contributed by atoms with E-state index in [9.17, 15) is 13.6 Å². The van der Waals surface area contributed by atoms with Gasteiger partial charge in [0, 0.05) is 32.2 Å². The van der Waals surface area contributed by atoms with Gasteiger partial charge >= 0.3 is 0 Å². The third kappa shape index (κ3) is 6.27. The number of halogens is 2. The fraction of sp³-hybridized carbons (Fsp3) is 0.391. The third-order valence-electron chi connectivity index (χ3n) is 5.42. The molecule has 1 aliphatic rings. The van der Waals surface area contributed by atoms with E-state index in [2.05, 4.69) is 39.9 Å². The number of hydrogen-bond acceptors (Lipinski definition) is 2. The second-order valence-corrected chi connectivity index (χ2v) is 7.53. The first kappa shape index (κ1) is 21.7. The Bertz CT molecular complexity index is 865. The Kier molecular flexibility index (Phi) is 7.76. The summed E-state index contributed by atoms with van der Waals surface area (Å²) in [5.41, 5.74) is 1.54. The van der Waals surface area contributed by atoms with Gasteiger partial charge in [-0.05, 0) is 48.9 Å². The second-order valence-electron chi connectivity index (χ2n) is 7.53. The summed E-state index contributed by atoms with van der Waals surface area (Å²) < 4.78 is 27.0. The SMILES string of the molecule is CN=C(NCC(=O)N1CCC(Cc2ccccc2)CC1)NCc1cc(F)ccc1F. The van der Waals surface area contributed by atoms with Crippen LogP contribution in [0.25, 0.3) is 0 Å². The van der Waals surface area contributed by atoms with E-state index >= 15 is 0 Å². The van der Waals surface area contributed by atoms with Gasteiger partial charge in [0.05, 0.1) is 6.54 Å². The lowest BCUT2D eigenvalue weighted by molar-refractivity contribution is -0.131. The number of nitrogens with one attached hydrogen (secondary N) is 2. The van der Waals surface area contributed by atoms with Crippen molar-refractivity contribution in [3.63, 3.8) is 0 Å². The molecule has 0 aromatic heterocycles. The number of carbonyl (C=O) groups is 1. The third-order valence-corrected chi connectivity index (χ3v) is 5.42. The van der Waals surface area contributed by atoms with Crippen molar-refractivity contribution in [2.75, 3.05) is 26.7 Å². The first-order chi connectivity index (χ1) is 14.5. The zero-order valence-corrected chi connectivity index (χ0v) is 17.2. The Morgan fingerprint density at radius 1 is 1.10 bits per heavy atom. The van der Waals surface area contributed by atoms with E-state index in [1.807, 2.05) is 11.0 Å². The minimum Gasteiger partial charge on any atom is -0.352 e. The largest absolute Gasteiger partial charge is 0.352 e. The average Bonchev–Trinajstić information content (AvgIpc) is 2.77. The quantitative estimate of drug-likeness (QED) is 0.564. The molecule has 0 spiro atoms. The van der Waals surface area contributed by atoms with E-state index in [0.717, 1.165) is 50.6 Å². The van der Waals surface area contributed by atoms with Crippen LogP contribution in [0.1, 0.15) is 24.0 Å². The summed E-state index contributed by atoms with van der Waals surface area (Å²) in [5.74, 6) is -0.0187. The topological polar surface area (TPSA) is 56.7 Å². The van der Waals surface area contributed by atoms with Gasteiger partial charge in [0.15, 0.2) is 5.96 Å². The van der Waals surface area contributed by atoms with Gasteiger partial charge in [-0.2, -0.15) is 0 Å². The highest BCUT2D eigenvalue weighted by atomic mass is 19.1. The van der Waals surface area contributed by atoms with Crippen molar-refractivity contribution in [3.8, 4) is 0 Å². The van der Waals surface area contributed by atoms with E-state index in [0.29, 0.717) is 11.9 Å². The smallest absolute Gasteiger partial charge is 0.241 e. The van der Waals surface area contributed by atoms with Crippen molar-refractivity contribution in [1.29, 1.82) is 0 Å². The maximum Gasteiger partial charge on any atom is 0.241 e. The Morgan fingerprint density at radius 2 is 1.83 bits per heavy atom. The Hall–Kier alpha value is -2.96. The van der Waals surface area contributed by atoms with Crippen LogP contribution in [0.4, 0.5) is 8.78 Å². The predicted octanol–water partition coefficient (Wildman–Crippen LogP) is 3.11. The molecule has 160 valence electrons. The van der Waals surface area contributed by atoms with E-state index in [4.69, 9.17) is 0 Å². The molecule has 3 rings (SSSR count). The van der Waals surface area contributed by atoms with Crippen LogP contribution in [-0.2, 0) is 17.8 Å². The highest BCUT2D eigenvalue weighted by Crippen LogP contribution is 2.21. The van der Waals surface area contributed by atoms with E-state index in [-0.39, 0.29) is 24.6 Å². The first-order valence-electron chi connectivity index (χ1n) is 10.3. The van der Waals surface area contributed by atoms with Crippen molar-refractivity contribution in [2.24, 2.45) is 10.9 Å². The summed E-state index contributed by atoms with van der Waals surface area (Å²) in [7, 11) is 1.57.